The number of nitrogen functional groups attached to an aromatic ring is 1. The molecule has 2 aliphatic rings. The highest BCUT2D eigenvalue weighted by Crippen LogP contribution is 2.45. The largest absolute Gasteiger partial charge is 0.448 e. The number of nitrogens with zero attached hydrogens (tertiary/aromatic N) is 4. The van der Waals surface area contributed by atoms with Crippen LogP contribution >= 0.6 is 34.9 Å². The molecule has 4 N–H and O–H groups in total. The number of aryl methyl sites for hydroxylation is 1. The van der Waals surface area contributed by atoms with Gasteiger partial charge in [-0.2, -0.15) is 5.10 Å². The molecule has 15 heteroatoms. The smallest absolute Gasteiger partial charge is 0.356 e. The fourth-order valence-corrected chi connectivity index (χ4v) is 8.37. The van der Waals surface area contributed by atoms with Crippen LogP contribution in [0.4, 0.5) is 5.13 Å². The molecule has 1 saturated heterocycles. The number of nitrogens with two attached hydrogens (primary N) is 1. The zero-order chi connectivity index (χ0) is 31.5. The summed E-state index contributed by atoms with van der Waals surface area (Å²) in [5.41, 5.74) is 8.51. The van der Waals surface area contributed by atoms with Crippen LogP contribution in [0.1, 0.15) is 39.4 Å². The van der Waals surface area contributed by atoms with Crippen LogP contribution < -0.4 is 11.1 Å². The first-order chi connectivity index (χ1) is 21.9. The summed E-state index contributed by atoms with van der Waals surface area (Å²) in [6.07, 6.45) is 2.74. The Bertz CT molecular complexity index is 1710. The summed E-state index contributed by atoms with van der Waals surface area (Å²) in [6, 6.07) is 16.3. The number of H-pyrrole nitrogens is 1. The lowest BCUT2D eigenvalue weighted by Gasteiger charge is -2.49. The maximum Gasteiger partial charge on any atom is 0.356 e. The van der Waals surface area contributed by atoms with Gasteiger partial charge in [0.15, 0.2) is 11.2 Å². The number of hydrogen-bond donors (Lipinski definition) is 3. The Kier molecular flexibility index (Phi) is 9.00. The maximum absolute atomic E-state index is 14.1. The van der Waals surface area contributed by atoms with E-state index in [9.17, 15) is 19.3 Å². The number of carbonyl (C=O) groups excluding carboxylic acids is 3. The van der Waals surface area contributed by atoms with Gasteiger partial charge in [0.05, 0.1) is 11.9 Å². The van der Waals surface area contributed by atoms with E-state index in [2.05, 4.69) is 25.7 Å². The Balaban J connectivity index is 1.27. The average Bonchev–Trinajstić information content (AvgIpc) is 3.70. The molecule has 6 rings (SSSR count). The van der Waals surface area contributed by atoms with E-state index in [1.165, 1.54) is 28.4 Å². The van der Waals surface area contributed by atoms with Gasteiger partial charge in [0.2, 0.25) is 6.04 Å². The fourth-order valence-electron chi connectivity index (χ4n) is 5.10. The lowest BCUT2D eigenvalue weighted by Crippen LogP contribution is -2.70. The number of carbonyl (C=O) groups is 3. The minimum absolute atomic E-state index is 0.132. The molecular formula is C30H27N7O5S3. The Hall–Kier alpha value is -4.47. The maximum atomic E-state index is 14.1. The van der Waals surface area contributed by atoms with E-state index in [1.807, 2.05) is 60.7 Å². The van der Waals surface area contributed by atoms with Gasteiger partial charge in [0, 0.05) is 33.0 Å². The number of anilines is 1. The Morgan fingerprint density at radius 1 is 1.18 bits per heavy atom. The van der Waals surface area contributed by atoms with Crippen LogP contribution in [0.5, 0.6) is 0 Å². The van der Waals surface area contributed by atoms with Crippen molar-refractivity contribution in [1.29, 1.82) is 0 Å². The molecule has 0 aliphatic carbocycles. The average molecular weight is 662 g/mol. The Morgan fingerprint density at radius 2 is 1.87 bits per heavy atom. The van der Waals surface area contributed by atoms with Crippen molar-refractivity contribution < 1.29 is 19.1 Å². The quantitative estimate of drug-likeness (QED) is 0.119. The van der Waals surface area contributed by atoms with E-state index in [0.717, 1.165) is 28.0 Å². The number of hydrogen-bond acceptors (Lipinski definition) is 12. The van der Waals surface area contributed by atoms with Crippen molar-refractivity contribution in [2.24, 2.45) is 5.18 Å². The topological polar surface area (TPSA) is 173 Å². The van der Waals surface area contributed by atoms with E-state index in [1.54, 1.807) is 19.3 Å². The lowest BCUT2D eigenvalue weighted by molar-refractivity contribution is -0.154. The summed E-state index contributed by atoms with van der Waals surface area (Å²) in [6.45, 7) is 1.69. The molecule has 3 atom stereocenters. The molecule has 2 aliphatic heterocycles. The molecular weight excluding hydrogens is 635 g/mol. The van der Waals surface area contributed by atoms with Crippen molar-refractivity contribution in [3.05, 3.63) is 116 Å². The third-order valence-corrected chi connectivity index (χ3v) is 10.7. The second-order valence-corrected chi connectivity index (χ2v) is 13.6. The molecule has 0 bridgehead atoms. The second kappa shape index (κ2) is 13.3. The summed E-state index contributed by atoms with van der Waals surface area (Å²) in [5, 5.41) is 12.0. The number of nitrogens with one attached hydrogen (secondary N) is 2. The molecule has 2 aromatic heterocycles. The first-order valence-electron chi connectivity index (χ1n) is 13.8. The van der Waals surface area contributed by atoms with Gasteiger partial charge < -0.3 is 15.8 Å². The highest BCUT2D eigenvalue weighted by atomic mass is 32.2. The first kappa shape index (κ1) is 30.6. The Morgan fingerprint density at radius 3 is 2.44 bits per heavy atom. The number of benzene rings is 2. The van der Waals surface area contributed by atoms with Crippen molar-refractivity contribution in [2.45, 2.75) is 36.2 Å². The van der Waals surface area contributed by atoms with Crippen LogP contribution in [0.15, 0.2) is 88.8 Å². The summed E-state index contributed by atoms with van der Waals surface area (Å²) < 4.78 is 6.18. The highest BCUT2D eigenvalue weighted by molar-refractivity contribution is 8.05. The predicted molar refractivity (Wildman–Crippen MR) is 173 cm³/mol. The van der Waals surface area contributed by atoms with Gasteiger partial charge in [-0.3, -0.25) is 19.6 Å². The number of aromatic amines is 1. The second-order valence-electron chi connectivity index (χ2n) is 10.2. The molecule has 0 radical (unpaired) electrons. The van der Waals surface area contributed by atoms with Crippen molar-refractivity contribution in [3.8, 4) is 0 Å². The molecule has 4 aromatic rings. The van der Waals surface area contributed by atoms with Gasteiger partial charge in [-0.05, 0) is 23.2 Å². The molecule has 1 fully saturated rings. The number of nitroso groups, excluding NO2 is 1. The third kappa shape index (κ3) is 6.23. The van der Waals surface area contributed by atoms with E-state index in [0.29, 0.717) is 21.3 Å². The van der Waals surface area contributed by atoms with E-state index in [-0.39, 0.29) is 16.5 Å². The highest BCUT2D eigenvalue weighted by Gasteiger charge is 2.55. The zero-order valence-electron chi connectivity index (χ0n) is 23.8. The van der Waals surface area contributed by atoms with Gasteiger partial charge in [0.1, 0.15) is 17.1 Å². The SMILES string of the molecule is Cc1sc(N)nc1C(N=O)C(=O)N[C@@H]1C(=O)N2C(C(=O)OC(c3ccccc3)c3ccccc3)=C(SCc3cn[nH]c3)CS[C@@H]12. The summed E-state index contributed by atoms with van der Waals surface area (Å²) in [4.78, 5) is 59.3. The minimum atomic E-state index is -1.47. The van der Waals surface area contributed by atoms with Crippen molar-refractivity contribution in [2.75, 3.05) is 11.5 Å². The summed E-state index contributed by atoms with van der Waals surface area (Å²) in [7, 11) is 0. The number of ether oxygens (including phenoxy) is 1. The van der Waals surface area contributed by atoms with Crippen LogP contribution in [0.3, 0.4) is 0 Å². The van der Waals surface area contributed by atoms with Crippen LogP contribution in [0.2, 0.25) is 0 Å². The van der Waals surface area contributed by atoms with Crippen LogP contribution in [-0.4, -0.2) is 55.0 Å². The molecule has 230 valence electrons. The normalized spacial score (nSPS) is 18.3. The summed E-state index contributed by atoms with van der Waals surface area (Å²) >= 11 is 3.96. The van der Waals surface area contributed by atoms with Gasteiger partial charge in [-0.15, -0.1) is 39.8 Å². The fraction of sp³-hybridized carbons (Fsp3) is 0.233. The molecule has 2 amide bonds. The zero-order valence-corrected chi connectivity index (χ0v) is 26.2. The number of fused-ring (bicyclic) bond motifs is 1. The molecule has 4 heterocycles. The number of rotatable bonds is 11. The predicted octanol–water partition coefficient (Wildman–Crippen LogP) is 4.44. The molecule has 45 heavy (non-hydrogen) atoms. The molecule has 2 aromatic carbocycles. The first-order valence-corrected chi connectivity index (χ1v) is 16.7. The van der Waals surface area contributed by atoms with Crippen molar-refractivity contribution >= 4 is 57.8 Å². The Labute approximate surface area is 270 Å². The van der Waals surface area contributed by atoms with Crippen LogP contribution in [-0.2, 0) is 24.9 Å². The van der Waals surface area contributed by atoms with Crippen LogP contribution in [0.25, 0.3) is 0 Å². The van der Waals surface area contributed by atoms with Crippen LogP contribution in [0, 0.1) is 11.8 Å². The number of esters is 1. The van der Waals surface area contributed by atoms with E-state index < -0.39 is 41.3 Å². The van der Waals surface area contributed by atoms with Gasteiger partial charge >= 0.3 is 5.97 Å². The van der Waals surface area contributed by atoms with Crippen molar-refractivity contribution in [3.63, 3.8) is 0 Å². The number of thioether (sulfide) groups is 2. The molecule has 0 saturated carbocycles. The van der Waals surface area contributed by atoms with Gasteiger partial charge in [0.25, 0.3) is 11.8 Å². The summed E-state index contributed by atoms with van der Waals surface area (Å²) in [5.74, 6) is -1.01. The van der Waals surface area contributed by atoms with E-state index >= 15 is 0 Å². The van der Waals surface area contributed by atoms with Gasteiger partial charge in [-0.25, -0.2) is 9.78 Å². The monoisotopic (exact) mass is 661 g/mol. The molecule has 12 nitrogen and oxygen atoms in total. The number of aromatic nitrogens is 3. The lowest BCUT2D eigenvalue weighted by atomic mass is 10.0. The number of β-lactam (4-membered cyclic amide) rings is 1. The third-order valence-electron chi connectivity index (χ3n) is 7.28. The van der Waals surface area contributed by atoms with Crippen molar-refractivity contribution in [1.82, 2.24) is 25.4 Å². The number of thiazole rings is 1. The molecule has 0 spiro atoms. The van der Waals surface area contributed by atoms with Gasteiger partial charge in [-0.1, -0.05) is 60.7 Å². The number of amides is 2. The minimum Gasteiger partial charge on any atom is -0.448 e. The van der Waals surface area contributed by atoms with E-state index in [4.69, 9.17) is 10.5 Å². The standard InChI is InChI=1S/C30H27N7O5S3/c1-16-21(35-30(31)45-16)22(36-41)26(38)34-23-27(39)37-24(20(15-44-28(23)37)43-14-17-12-32-33-13-17)29(40)42-25(18-8-4-2-5-9-18)19-10-6-3-7-11-19/h2-13,22-23,25,28H,14-15H2,1H3,(H2,31,35)(H,32,33)(H,34,38)/t22?,23-,28+/m1/s1. The molecule has 1 unspecified atom stereocenters.